The molecule has 4 nitrogen and oxygen atoms in total. The quantitative estimate of drug-likeness (QED) is 0.681. The molecule has 4 heteroatoms. The van der Waals surface area contributed by atoms with Gasteiger partial charge in [0.05, 0.1) is 6.04 Å². The first-order valence-electron chi connectivity index (χ1n) is 5.62. The predicted molar refractivity (Wildman–Crippen MR) is 63.0 cm³/mol. The minimum absolute atomic E-state index is 0.437. The Morgan fingerprint density at radius 1 is 1.53 bits per heavy atom. The molecule has 0 aliphatic heterocycles. The maximum absolute atomic E-state index is 4.24. The van der Waals surface area contributed by atoms with Gasteiger partial charge in [0.1, 0.15) is 0 Å². The van der Waals surface area contributed by atoms with E-state index >= 15 is 0 Å². The minimum atomic E-state index is 0.437. The fraction of sp³-hybridized carbons (Fsp3) is 0.727. The Morgan fingerprint density at radius 3 is 2.93 bits per heavy atom. The van der Waals surface area contributed by atoms with E-state index < -0.39 is 0 Å². The standard InChI is InChI=1S/C11H22N4/c1-4-12-7-9-14(3)10-11(2)15-8-5-6-13-15/h5-6,8,11-12H,4,7,9-10H2,1-3H3. The lowest BCUT2D eigenvalue weighted by atomic mass is 10.3. The Labute approximate surface area is 92.3 Å². The fourth-order valence-corrected chi connectivity index (χ4v) is 1.61. The molecule has 0 aliphatic carbocycles. The topological polar surface area (TPSA) is 33.1 Å². The zero-order chi connectivity index (χ0) is 11.1. The van der Waals surface area contributed by atoms with Crippen molar-refractivity contribution in [1.82, 2.24) is 20.0 Å². The second-order valence-electron chi connectivity index (χ2n) is 3.95. The second kappa shape index (κ2) is 6.58. The van der Waals surface area contributed by atoms with Gasteiger partial charge in [0, 0.05) is 32.0 Å². The summed E-state index contributed by atoms with van der Waals surface area (Å²) in [7, 11) is 2.15. The van der Waals surface area contributed by atoms with Crippen molar-refractivity contribution in [1.29, 1.82) is 0 Å². The van der Waals surface area contributed by atoms with Crippen LogP contribution in [0.4, 0.5) is 0 Å². The SMILES string of the molecule is CCNCCN(C)CC(C)n1cccn1. The molecule has 1 aromatic rings. The van der Waals surface area contributed by atoms with E-state index in [-0.39, 0.29) is 0 Å². The van der Waals surface area contributed by atoms with Crippen molar-refractivity contribution in [3.05, 3.63) is 18.5 Å². The van der Waals surface area contributed by atoms with Crippen LogP contribution in [-0.4, -0.2) is 47.9 Å². The Balaban J connectivity index is 2.22. The van der Waals surface area contributed by atoms with Crippen molar-refractivity contribution in [2.45, 2.75) is 19.9 Å². The van der Waals surface area contributed by atoms with Crippen LogP contribution in [0.1, 0.15) is 19.9 Å². The smallest absolute Gasteiger partial charge is 0.0617 e. The summed E-state index contributed by atoms with van der Waals surface area (Å²) in [5.74, 6) is 0. The summed E-state index contributed by atoms with van der Waals surface area (Å²) in [6, 6.07) is 2.40. The van der Waals surface area contributed by atoms with Gasteiger partial charge in [0.2, 0.25) is 0 Å². The van der Waals surface area contributed by atoms with E-state index in [2.05, 4.69) is 36.2 Å². The van der Waals surface area contributed by atoms with Crippen LogP contribution in [-0.2, 0) is 0 Å². The van der Waals surface area contributed by atoms with Gasteiger partial charge in [-0.05, 0) is 26.6 Å². The molecule has 1 atom stereocenters. The molecule has 0 spiro atoms. The molecule has 0 bridgehead atoms. The normalized spacial score (nSPS) is 13.3. The van der Waals surface area contributed by atoms with E-state index in [0.29, 0.717) is 6.04 Å². The second-order valence-corrected chi connectivity index (χ2v) is 3.95. The Hall–Kier alpha value is -0.870. The average Bonchev–Trinajstić information content (AvgIpc) is 2.70. The van der Waals surface area contributed by atoms with Crippen molar-refractivity contribution < 1.29 is 0 Å². The number of hydrogen-bond donors (Lipinski definition) is 1. The molecule has 0 aliphatic rings. The van der Waals surface area contributed by atoms with Crippen molar-refractivity contribution in [3.63, 3.8) is 0 Å². The van der Waals surface area contributed by atoms with Crippen LogP contribution < -0.4 is 5.32 Å². The molecule has 0 saturated heterocycles. The summed E-state index contributed by atoms with van der Waals surface area (Å²) in [4.78, 5) is 2.33. The van der Waals surface area contributed by atoms with Crippen LogP contribution >= 0.6 is 0 Å². The van der Waals surface area contributed by atoms with Crippen molar-refractivity contribution in [2.24, 2.45) is 0 Å². The Morgan fingerprint density at radius 2 is 2.33 bits per heavy atom. The number of hydrogen-bond acceptors (Lipinski definition) is 3. The first kappa shape index (κ1) is 12.2. The molecule has 15 heavy (non-hydrogen) atoms. The third-order valence-electron chi connectivity index (χ3n) is 2.47. The maximum Gasteiger partial charge on any atom is 0.0617 e. The highest BCUT2D eigenvalue weighted by molar-refractivity contribution is 4.81. The van der Waals surface area contributed by atoms with Gasteiger partial charge in [0.25, 0.3) is 0 Å². The van der Waals surface area contributed by atoms with E-state index in [1.54, 1.807) is 0 Å². The van der Waals surface area contributed by atoms with Crippen LogP contribution in [0.15, 0.2) is 18.5 Å². The number of aromatic nitrogens is 2. The molecule has 0 radical (unpaired) electrons. The van der Waals surface area contributed by atoms with Gasteiger partial charge in [-0.25, -0.2) is 0 Å². The third kappa shape index (κ3) is 4.44. The maximum atomic E-state index is 4.24. The molecule has 1 N–H and O–H groups in total. The molecule has 1 aromatic heterocycles. The Bertz CT molecular complexity index is 245. The minimum Gasteiger partial charge on any atom is -0.316 e. The largest absolute Gasteiger partial charge is 0.316 e. The summed E-state index contributed by atoms with van der Waals surface area (Å²) >= 11 is 0. The van der Waals surface area contributed by atoms with Gasteiger partial charge in [-0.2, -0.15) is 5.10 Å². The van der Waals surface area contributed by atoms with E-state index in [9.17, 15) is 0 Å². The first-order valence-corrected chi connectivity index (χ1v) is 5.62. The van der Waals surface area contributed by atoms with Gasteiger partial charge in [-0.1, -0.05) is 6.92 Å². The lowest BCUT2D eigenvalue weighted by Gasteiger charge is -2.21. The zero-order valence-corrected chi connectivity index (χ0v) is 9.98. The number of nitrogens with zero attached hydrogens (tertiary/aromatic N) is 3. The summed E-state index contributed by atoms with van der Waals surface area (Å²) in [5.41, 5.74) is 0. The third-order valence-corrected chi connectivity index (χ3v) is 2.47. The van der Waals surface area contributed by atoms with Crippen molar-refractivity contribution >= 4 is 0 Å². The highest BCUT2D eigenvalue weighted by Crippen LogP contribution is 2.04. The van der Waals surface area contributed by atoms with Crippen LogP contribution in [0, 0.1) is 0 Å². The van der Waals surface area contributed by atoms with Gasteiger partial charge in [-0.15, -0.1) is 0 Å². The van der Waals surface area contributed by atoms with Crippen molar-refractivity contribution in [3.8, 4) is 0 Å². The number of rotatable bonds is 7. The first-order chi connectivity index (χ1) is 7.24. The zero-order valence-electron chi connectivity index (χ0n) is 9.98. The van der Waals surface area contributed by atoms with Crippen LogP contribution in [0.3, 0.4) is 0 Å². The molecule has 1 heterocycles. The van der Waals surface area contributed by atoms with Crippen LogP contribution in [0.5, 0.6) is 0 Å². The predicted octanol–water partition coefficient (Wildman–Crippen LogP) is 0.985. The summed E-state index contributed by atoms with van der Waals surface area (Å²) in [5, 5.41) is 7.56. The number of likely N-dealkylation sites (N-methyl/N-ethyl adjacent to an activating group) is 2. The van der Waals surface area contributed by atoms with Gasteiger partial charge in [0.15, 0.2) is 0 Å². The lowest BCUT2D eigenvalue weighted by Crippen LogP contribution is -2.32. The highest BCUT2D eigenvalue weighted by Gasteiger charge is 2.07. The van der Waals surface area contributed by atoms with E-state index in [4.69, 9.17) is 0 Å². The summed E-state index contributed by atoms with van der Waals surface area (Å²) < 4.78 is 2.00. The highest BCUT2D eigenvalue weighted by atomic mass is 15.3. The lowest BCUT2D eigenvalue weighted by molar-refractivity contribution is 0.276. The van der Waals surface area contributed by atoms with Crippen molar-refractivity contribution in [2.75, 3.05) is 33.2 Å². The van der Waals surface area contributed by atoms with Gasteiger partial charge < -0.3 is 10.2 Å². The molecule has 1 rings (SSSR count). The molecular weight excluding hydrogens is 188 g/mol. The molecule has 1 unspecified atom stereocenters. The van der Waals surface area contributed by atoms with Gasteiger partial charge >= 0.3 is 0 Å². The molecule has 0 amide bonds. The molecule has 0 saturated carbocycles. The average molecular weight is 210 g/mol. The van der Waals surface area contributed by atoms with Gasteiger partial charge in [-0.3, -0.25) is 4.68 Å². The van der Waals surface area contributed by atoms with E-state index in [1.807, 2.05) is 23.1 Å². The van der Waals surface area contributed by atoms with Crippen LogP contribution in [0.2, 0.25) is 0 Å². The Kier molecular flexibility index (Phi) is 5.36. The monoisotopic (exact) mass is 210 g/mol. The number of nitrogens with one attached hydrogen (secondary N) is 1. The summed E-state index contributed by atoms with van der Waals surface area (Å²) in [6.45, 7) is 8.54. The van der Waals surface area contributed by atoms with Crippen LogP contribution in [0.25, 0.3) is 0 Å². The summed E-state index contributed by atoms with van der Waals surface area (Å²) in [6.07, 6.45) is 3.85. The fourth-order valence-electron chi connectivity index (χ4n) is 1.61. The molecule has 86 valence electrons. The molecule has 0 fully saturated rings. The molecule has 0 aromatic carbocycles. The van der Waals surface area contributed by atoms with E-state index in [1.165, 1.54) is 0 Å². The molecular formula is C11H22N4. The van der Waals surface area contributed by atoms with E-state index in [0.717, 1.165) is 26.2 Å².